The van der Waals surface area contributed by atoms with E-state index in [-0.39, 0.29) is 5.91 Å². The van der Waals surface area contributed by atoms with Gasteiger partial charge in [0.25, 0.3) is 5.91 Å². The highest BCUT2D eigenvalue weighted by Crippen LogP contribution is 2.21. The standard InChI is InChI=1S/C19H23NO4/c1-22-13-14-23-12-6-11-20-19(21)16-7-5-10-18(15-16)24-17-8-3-2-4-9-17/h2-5,7-10,15H,6,11-14H2,1H3,(H,20,21). The van der Waals surface area contributed by atoms with Crippen LogP contribution >= 0.6 is 0 Å². The van der Waals surface area contributed by atoms with Gasteiger partial charge in [0, 0.05) is 25.8 Å². The molecule has 0 heterocycles. The molecule has 5 heteroatoms. The Morgan fingerprint density at radius 1 is 0.958 bits per heavy atom. The maximum Gasteiger partial charge on any atom is 0.251 e. The van der Waals surface area contributed by atoms with Crippen molar-refractivity contribution in [1.29, 1.82) is 0 Å². The summed E-state index contributed by atoms with van der Waals surface area (Å²) < 4.78 is 16.0. The maximum atomic E-state index is 12.2. The predicted octanol–water partition coefficient (Wildman–Crippen LogP) is 3.26. The molecule has 0 unspecified atom stereocenters. The van der Waals surface area contributed by atoms with E-state index in [4.69, 9.17) is 14.2 Å². The molecule has 1 N–H and O–H groups in total. The van der Waals surface area contributed by atoms with Crippen LogP contribution in [0.4, 0.5) is 0 Å². The SMILES string of the molecule is COCCOCCCNC(=O)c1cccc(Oc2ccccc2)c1. The molecular weight excluding hydrogens is 306 g/mol. The third-order valence-electron chi connectivity index (χ3n) is 3.26. The van der Waals surface area contributed by atoms with E-state index in [0.717, 1.165) is 12.2 Å². The Morgan fingerprint density at radius 3 is 2.54 bits per heavy atom. The van der Waals surface area contributed by atoms with E-state index in [1.165, 1.54) is 0 Å². The zero-order chi connectivity index (χ0) is 17.0. The molecule has 0 saturated heterocycles. The second kappa shape index (κ2) is 10.4. The van der Waals surface area contributed by atoms with Gasteiger partial charge in [0.05, 0.1) is 13.2 Å². The minimum absolute atomic E-state index is 0.120. The van der Waals surface area contributed by atoms with Crippen molar-refractivity contribution in [3.05, 3.63) is 60.2 Å². The highest BCUT2D eigenvalue weighted by Gasteiger charge is 2.06. The van der Waals surface area contributed by atoms with Crippen LogP contribution in [0.25, 0.3) is 0 Å². The van der Waals surface area contributed by atoms with E-state index in [2.05, 4.69) is 5.32 Å². The van der Waals surface area contributed by atoms with Gasteiger partial charge in [-0.3, -0.25) is 4.79 Å². The third kappa shape index (κ3) is 6.40. The van der Waals surface area contributed by atoms with Crippen molar-refractivity contribution in [2.75, 3.05) is 33.5 Å². The fraction of sp³-hybridized carbons (Fsp3) is 0.316. The summed E-state index contributed by atoms with van der Waals surface area (Å²) in [6.07, 6.45) is 0.760. The van der Waals surface area contributed by atoms with Crippen molar-refractivity contribution in [3.8, 4) is 11.5 Å². The van der Waals surface area contributed by atoms with Gasteiger partial charge in [0.1, 0.15) is 11.5 Å². The molecule has 0 saturated carbocycles. The van der Waals surface area contributed by atoms with Crippen LogP contribution in [-0.4, -0.2) is 39.4 Å². The van der Waals surface area contributed by atoms with Crippen LogP contribution in [-0.2, 0) is 9.47 Å². The fourth-order valence-corrected chi connectivity index (χ4v) is 2.05. The molecule has 0 radical (unpaired) electrons. The quantitative estimate of drug-likeness (QED) is 0.680. The summed E-state index contributed by atoms with van der Waals surface area (Å²) in [6.45, 7) is 2.32. The number of carbonyl (C=O) groups is 1. The first kappa shape index (κ1) is 18.0. The smallest absolute Gasteiger partial charge is 0.251 e. The average molecular weight is 329 g/mol. The maximum absolute atomic E-state index is 12.2. The molecule has 0 fully saturated rings. The summed E-state index contributed by atoms with van der Waals surface area (Å²) >= 11 is 0. The molecule has 5 nitrogen and oxygen atoms in total. The number of ether oxygens (including phenoxy) is 3. The van der Waals surface area contributed by atoms with Crippen molar-refractivity contribution in [2.24, 2.45) is 0 Å². The minimum Gasteiger partial charge on any atom is -0.457 e. The molecule has 0 atom stereocenters. The average Bonchev–Trinajstić information content (AvgIpc) is 2.62. The molecule has 2 aromatic rings. The Bertz CT molecular complexity index is 616. The van der Waals surface area contributed by atoms with Gasteiger partial charge in [0.2, 0.25) is 0 Å². The summed E-state index contributed by atoms with van der Waals surface area (Å²) in [4.78, 5) is 12.2. The molecule has 24 heavy (non-hydrogen) atoms. The van der Waals surface area contributed by atoms with Gasteiger partial charge in [-0.05, 0) is 36.8 Å². The van der Waals surface area contributed by atoms with Gasteiger partial charge in [-0.15, -0.1) is 0 Å². The van der Waals surface area contributed by atoms with Crippen LogP contribution in [0.15, 0.2) is 54.6 Å². The molecule has 0 aliphatic rings. The second-order valence-electron chi connectivity index (χ2n) is 5.16. The summed E-state index contributed by atoms with van der Waals surface area (Å²) in [5.41, 5.74) is 0.573. The van der Waals surface area contributed by atoms with Crippen LogP contribution < -0.4 is 10.1 Å². The van der Waals surface area contributed by atoms with E-state index in [1.54, 1.807) is 25.3 Å². The Labute approximate surface area is 142 Å². The summed E-state index contributed by atoms with van der Waals surface area (Å²) in [5.74, 6) is 1.26. The molecule has 128 valence electrons. The zero-order valence-corrected chi connectivity index (χ0v) is 13.9. The number of hydrogen-bond donors (Lipinski definition) is 1. The Kier molecular flexibility index (Phi) is 7.80. The number of para-hydroxylation sites is 1. The second-order valence-corrected chi connectivity index (χ2v) is 5.16. The lowest BCUT2D eigenvalue weighted by Crippen LogP contribution is -2.25. The molecule has 1 amide bonds. The molecule has 2 aromatic carbocycles. The van der Waals surface area contributed by atoms with Gasteiger partial charge >= 0.3 is 0 Å². The van der Waals surface area contributed by atoms with Gasteiger partial charge in [-0.25, -0.2) is 0 Å². The summed E-state index contributed by atoms with van der Waals surface area (Å²) in [7, 11) is 1.64. The van der Waals surface area contributed by atoms with Gasteiger partial charge in [0.15, 0.2) is 0 Å². The Hall–Kier alpha value is -2.37. The molecule has 0 spiro atoms. The van der Waals surface area contributed by atoms with Gasteiger partial charge < -0.3 is 19.5 Å². The number of nitrogens with one attached hydrogen (secondary N) is 1. The Balaban J connectivity index is 1.77. The van der Waals surface area contributed by atoms with Crippen LogP contribution in [0, 0.1) is 0 Å². The summed E-state index contributed by atoms with van der Waals surface area (Å²) in [6, 6.07) is 16.6. The molecule has 0 aliphatic heterocycles. The van der Waals surface area contributed by atoms with E-state index in [0.29, 0.717) is 37.7 Å². The van der Waals surface area contributed by atoms with Crippen molar-refractivity contribution >= 4 is 5.91 Å². The van der Waals surface area contributed by atoms with Gasteiger partial charge in [-0.1, -0.05) is 24.3 Å². The van der Waals surface area contributed by atoms with Crippen molar-refractivity contribution in [1.82, 2.24) is 5.32 Å². The van der Waals surface area contributed by atoms with Crippen LogP contribution in [0.2, 0.25) is 0 Å². The number of hydrogen-bond acceptors (Lipinski definition) is 4. The Morgan fingerprint density at radius 2 is 1.75 bits per heavy atom. The molecule has 2 rings (SSSR count). The first-order valence-corrected chi connectivity index (χ1v) is 7.97. The summed E-state index contributed by atoms with van der Waals surface area (Å²) in [5, 5.41) is 2.88. The number of methoxy groups -OCH3 is 1. The van der Waals surface area contributed by atoms with Crippen LogP contribution in [0.5, 0.6) is 11.5 Å². The number of benzene rings is 2. The largest absolute Gasteiger partial charge is 0.457 e. The highest BCUT2D eigenvalue weighted by molar-refractivity contribution is 5.94. The minimum atomic E-state index is -0.120. The number of carbonyl (C=O) groups excluding carboxylic acids is 1. The molecule has 0 bridgehead atoms. The molecule has 0 aromatic heterocycles. The van der Waals surface area contributed by atoms with E-state index in [1.807, 2.05) is 36.4 Å². The van der Waals surface area contributed by atoms with E-state index < -0.39 is 0 Å². The highest BCUT2D eigenvalue weighted by atomic mass is 16.5. The number of amides is 1. The number of rotatable bonds is 10. The van der Waals surface area contributed by atoms with Gasteiger partial charge in [-0.2, -0.15) is 0 Å². The molecule has 0 aliphatic carbocycles. The lowest BCUT2D eigenvalue weighted by atomic mass is 10.2. The lowest BCUT2D eigenvalue weighted by molar-refractivity contribution is 0.0688. The topological polar surface area (TPSA) is 56.8 Å². The normalized spacial score (nSPS) is 10.4. The monoisotopic (exact) mass is 329 g/mol. The predicted molar refractivity (Wildman–Crippen MR) is 92.6 cm³/mol. The van der Waals surface area contributed by atoms with Crippen molar-refractivity contribution in [3.63, 3.8) is 0 Å². The van der Waals surface area contributed by atoms with Crippen LogP contribution in [0.1, 0.15) is 16.8 Å². The van der Waals surface area contributed by atoms with E-state index in [9.17, 15) is 4.79 Å². The zero-order valence-electron chi connectivity index (χ0n) is 13.9. The first-order chi connectivity index (χ1) is 11.8. The molecular formula is C19H23NO4. The van der Waals surface area contributed by atoms with Crippen LogP contribution in [0.3, 0.4) is 0 Å². The van der Waals surface area contributed by atoms with Crippen molar-refractivity contribution in [2.45, 2.75) is 6.42 Å². The third-order valence-corrected chi connectivity index (χ3v) is 3.26. The van der Waals surface area contributed by atoms with E-state index >= 15 is 0 Å². The lowest BCUT2D eigenvalue weighted by Gasteiger charge is -2.09. The van der Waals surface area contributed by atoms with Crippen molar-refractivity contribution < 1.29 is 19.0 Å². The first-order valence-electron chi connectivity index (χ1n) is 7.97. The fourth-order valence-electron chi connectivity index (χ4n) is 2.05.